The van der Waals surface area contributed by atoms with Crippen LogP contribution in [0.3, 0.4) is 0 Å². The second-order valence-electron chi connectivity index (χ2n) is 2.83. The molecule has 58 valence electrons. The fraction of sp³-hybridized carbons (Fsp3) is 0.857. The van der Waals surface area contributed by atoms with Gasteiger partial charge in [-0.2, -0.15) is 0 Å². The van der Waals surface area contributed by atoms with E-state index in [1.165, 1.54) is 7.11 Å². The summed E-state index contributed by atoms with van der Waals surface area (Å²) in [7, 11) is 1.54. The molecule has 1 aliphatic carbocycles. The molecule has 1 saturated carbocycles. The average molecular weight is 143 g/mol. The van der Waals surface area contributed by atoms with Crippen LogP contribution in [0.4, 0.5) is 0 Å². The highest BCUT2D eigenvalue weighted by molar-refractivity contribution is 5.83. The smallest absolute Gasteiger partial charge is 0.161 e. The van der Waals surface area contributed by atoms with Gasteiger partial charge < -0.3 is 10.5 Å². The van der Waals surface area contributed by atoms with Gasteiger partial charge in [0.25, 0.3) is 0 Å². The van der Waals surface area contributed by atoms with Gasteiger partial charge in [-0.05, 0) is 12.8 Å². The lowest BCUT2D eigenvalue weighted by Gasteiger charge is -2.30. The Labute approximate surface area is 60.5 Å². The number of nitrogens with two attached hydrogens (primary N) is 1. The highest BCUT2D eigenvalue weighted by Gasteiger charge is 2.31. The molecule has 3 nitrogen and oxygen atoms in total. The van der Waals surface area contributed by atoms with E-state index in [9.17, 15) is 4.79 Å². The minimum Gasteiger partial charge on any atom is -0.377 e. The van der Waals surface area contributed by atoms with Gasteiger partial charge in [-0.15, -0.1) is 0 Å². The largest absolute Gasteiger partial charge is 0.377 e. The van der Waals surface area contributed by atoms with Crippen LogP contribution in [-0.4, -0.2) is 25.5 Å². The number of ether oxygens (including phenoxy) is 1. The SMILES string of the molecule is COCC(=O)C1CC(N)C1. The highest BCUT2D eigenvalue weighted by atomic mass is 16.5. The van der Waals surface area contributed by atoms with Crippen LogP contribution in [0.15, 0.2) is 0 Å². The number of hydrogen-bond donors (Lipinski definition) is 1. The molecule has 2 N–H and O–H groups in total. The van der Waals surface area contributed by atoms with Gasteiger partial charge in [-0.25, -0.2) is 0 Å². The molecule has 0 radical (unpaired) electrons. The topological polar surface area (TPSA) is 52.3 Å². The normalized spacial score (nSPS) is 31.4. The second-order valence-corrected chi connectivity index (χ2v) is 2.83. The van der Waals surface area contributed by atoms with Gasteiger partial charge in [-0.3, -0.25) is 4.79 Å². The van der Waals surface area contributed by atoms with Crippen molar-refractivity contribution in [3.05, 3.63) is 0 Å². The predicted molar refractivity (Wildman–Crippen MR) is 37.6 cm³/mol. The number of rotatable bonds is 3. The third-order valence-electron chi connectivity index (χ3n) is 1.92. The Morgan fingerprint density at radius 1 is 1.70 bits per heavy atom. The number of ketones is 1. The lowest BCUT2D eigenvalue weighted by molar-refractivity contribution is -0.129. The summed E-state index contributed by atoms with van der Waals surface area (Å²) in [6, 6.07) is 0.255. The van der Waals surface area contributed by atoms with Gasteiger partial charge in [-0.1, -0.05) is 0 Å². The Bertz CT molecular complexity index is 130. The minimum atomic E-state index is 0.190. The standard InChI is InChI=1S/C7H13NO2/c1-10-4-7(9)5-2-6(8)3-5/h5-6H,2-4,8H2,1H3. The molecule has 0 aliphatic heterocycles. The molecule has 0 spiro atoms. The van der Waals surface area contributed by atoms with E-state index in [1.807, 2.05) is 0 Å². The zero-order valence-electron chi connectivity index (χ0n) is 6.17. The molecule has 0 aromatic rings. The van der Waals surface area contributed by atoms with E-state index in [-0.39, 0.29) is 24.3 Å². The summed E-state index contributed by atoms with van der Waals surface area (Å²) in [5, 5.41) is 0. The molecule has 3 heteroatoms. The predicted octanol–water partition coefficient (Wildman–Crippen LogP) is -0.0608. The maximum Gasteiger partial charge on any atom is 0.161 e. The first-order chi connectivity index (χ1) is 4.74. The Morgan fingerprint density at radius 2 is 2.30 bits per heavy atom. The monoisotopic (exact) mass is 143 g/mol. The molecule has 10 heavy (non-hydrogen) atoms. The van der Waals surface area contributed by atoms with Gasteiger partial charge in [0.2, 0.25) is 0 Å². The van der Waals surface area contributed by atoms with Gasteiger partial charge in [0.15, 0.2) is 5.78 Å². The highest BCUT2D eigenvalue weighted by Crippen LogP contribution is 2.26. The number of hydrogen-bond acceptors (Lipinski definition) is 3. The van der Waals surface area contributed by atoms with Gasteiger partial charge in [0, 0.05) is 19.1 Å². The molecule has 0 aromatic heterocycles. The Hall–Kier alpha value is -0.410. The summed E-state index contributed by atoms with van der Waals surface area (Å²) in [5.41, 5.74) is 5.51. The van der Waals surface area contributed by atoms with Gasteiger partial charge in [0.05, 0.1) is 0 Å². The molecule has 0 heterocycles. The first kappa shape index (κ1) is 7.69. The third kappa shape index (κ3) is 1.55. The summed E-state index contributed by atoms with van der Waals surface area (Å²) in [4.78, 5) is 11.0. The van der Waals surface area contributed by atoms with Crippen molar-refractivity contribution in [2.75, 3.05) is 13.7 Å². The molecular formula is C7H13NO2. The van der Waals surface area contributed by atoms with Gasteiger partial charge >= 0.3 is 0 Å². The maximum absolute atomic E-state index is 11.0. The summed E-state index contributed by atoms with van der Waals surface area (Å²) < 4.78 is 4.71. The number of methoxy groups -OCH3 is 1. The van der Waals surface area contributed by atoms with E-state index in [1.54, 1.807) is 0 Å². The minimum absolute atomic E-state index is 0.190. The number of Topliss-reactive ketones (excluding diaryl/α,β-unsaturated/α-hetero) is 1. The lowest BCUT2D eigenvalue weighted by atomic mass is 9.78. The first-order valence-corrected chi connectivity index (χ1v) is 3.51. The van der Waals surface area contributed by atoms with Crippen LogP contribution in [0, 0.1) is 5.92 Å². The maximum atomic E-state index is 11.0. The molecule has 1 fully saturated rings. The first-order valence-electron chi connectivity index (χ1n) is 3.51. The summed E-state index contributed by atoms with van der Waals surface area (Å²) in [6.45, 7) is 0.247. The van der Waals surface area contributed by atoms with E-state index in [0.717, 1.165) is 12.8 Å². The van der Waals surface area contributed by atoms with E-state index in [0.29, 0.717) is 0 Å². The van der Waals surface area contributed by atoms with Crippen molar-refractivity contribution in [3.8, 4) is 0 Å². The van der Waals surface area contributed by atoms with Crippen molar-refractivity contribution >= 4 is 5.78 Å². The molecule has 1 rings (SSSR count). The van der Waals surface area contributed by atoms with Crippen LogP contribution in [0.5, 0.6) is 0 Å². The van der Waals surface area contributed by atoms with E-state index < -0.39 is 0 Å². The second kappa shape index (κ2) is 3.12. The quantitative estimate of drug-likeness (QED) is 0.602. The fourth-order valence-electron chi connectivity index (χ4n) is 1.18. The summed E-state index contributed by atoms with van der Waals surface area (Å²) in [5.74, 6) is 0.388. The molecule has 0 amide bonds. The van der Waals surface area contributed by atoms with Crippen molar-refractivity contribution in [2.24, 2.45) is 11.7 Å². The van der Waals surface area contributed by atoms with Crippen LogP contribution in [0.1, 0.15) is 12.8 Å². The zero-order chi connectivity index (χ0) is 7.56. The van der Waals surface area contributed by atoms with Crippen LogP contribution < -0.4 is 5.73 Å². The van der Waals surface area contributed by atoms with Crippen LogP contribution in [-0.2, 0) is 9.53 Å². The number of carbonyl (C=O) groups is 1. The fourth-order valence-corrected chi connectivity index (χ4v) is 1.18. The Kier molecular flexibility index (Phi) is 2.40. The average Bonchev–Trinajstić information content (AvgIpc) is 1.82. The molecule has 0 bridgehead atoms. The molecule has 0 unspecified atom stereocenters. The number of carbonyl (C=O) groups excluding carboxylic acids is 1. The van der Waals surface area contributed by atoms with Crippen molar-refractivity contribution < 1.29 is 9.53 Å². The molecule has 0 atom stereocenters. The van der Waals surface area contributed by atoms with Crippen molar-refractivity contribution in [3.63, 3.8) is 0 Å². The van der Waals surface area contributed by atoms with Crippen molar-refractivity contribution in [1.82, 2.24) is 0 Å². The van der Waals surface area contributed by atoms with E-state index in [2.05, 4.69) is 0 Å². The van der Waals surface area contributed by atoms with Crippen LogP contribution >= 0.6 is 0 Å². The van der Waals surface area contributed by atoms with E-state index in [4.69, 9.17) is 10.5 Å². The molecule has 0 aromatic carbocycles. The van der Waals surface area contributed by atoms with Crippen molar-refractivity contribution in [2.45, 2.75) is 18.9 Å². The van der Waals surface area contributed by atoms with Crippen LogP contribution in [0.2, 0.25) is 0 Å². The van der Waals surface area contributed by atoms with E-state index >= 15 is 0 Å². The lowest BCUT2D eigenvalue weighted by Crippen LogP contribution is -2.41. The molecular weight excluding hydrogens is 130 g/mol. The Balaban J connectivity index is 2.18. The molecule has 1 aliphatic rings. The zero-order valence-corrected chi connectivity index (χ0v) is 6.17. The van der Waals surface area contributed by atoms with Gasteiger partial charge in [0.1, 0.15) is 6.61 Å². The molecule has 0 saturated heterocycles. The summed E-state index contributed by atoms with van der Waals surface area (Å²) >= 11 is 0. The third-order valence-corrected chi connectivity index (χ3v) is 1.92. The summed E-state index contributed by atoms with van der Waals surface area (Å²) in [6.07, 6.45) is 1.70. The Morgan fingerprint density at radius 3 is 2.70 bits per heavy atom. The van der Waals surface area contributed by atoms with Crippen LogP contribution in [0.25, 0.3) is 0 Å². The van der Waals surface area contributed by atoms with Crippen molar-refractivity contribution in [1.29, 1.82) is 0 Å².